The molecule has 2 fully saturated rings. The summed E-state index contributed by atoms with van der Waals surface area (Å²) in [5, 5.41) is 12.8. The van der Waals surface area contributed by atoms with E-state index in [1.54, 1.807) is 43.5 Å². The molecule has 3 aromatic carbocycles. The number of likely N-dealkylation sites (tertiary alicyclic amines) is 1. The van der Waals surface area contributed by atoms with Gasteiger partial charge in [0.1, 0.15) is 11.4 Å². The number of imide groups is 1. The summed E-state index contributed by atoms with van der Waals surface area (Å²) in [6, 6.07) is 12.7. The first-order valence-corrected chi connectivity index (χ1v) is 18.4. The fourth-order valence-electron chi connectivity index (χ4n) is 8.25. The van der Waals surface area contributed by atoms with Crippen molar-refractivity contribution in [2.24, 2.45) is 7.05 Å². The minimum Gasteiger partial charge on any atom is -0.508 e. The lowest BCUT2D eigenvalue weighted by Gasteiger charge is -2.49. The molecule has 4 atom stereocenters. The van der Waals surface area contributed by atoms with Crippen LogP contribution >= 0.6 is 39.1 Å². The second-order valence-electron chi connectivity index (χ2n) is 13.3. The second kappa shape index (κ2) is 12.4. The van der Waals surface area contributed by atoms with E-state index in [1.165, 1.54) is 34.2 Å². The number of aromatic hydroxyl groups is 1. The smallest absolute Gasteiger partial charge is 0.347 e. The molecular formula is C36H31BrCl2N6O8. The van der Waals surface area contributed by atoms with Gasteiger partial charge < -0.3 is 19.1 Å². The van der Waals surface area contributed by atoms with E-state index in [1.807, 2.05) is 12.1 Å². The largest absolute Gasteiger partial charge is 0.508 e. The molecular weight excluding hydrogens is 795 g/mol. The summed E-state index contributed by atoms with van der Waals surface area (Å²) in [4.78, 5) is 71.2. The zero-order valence-electron chi connectivity index (χ0n) is 28.5. The van der Waals surface area contributed by atoms with E-state index in [-0.39, 0.29) is 48.4 Å². The van der Waals surface area contributed by atoms with E-state index in [0.29, 0.717) is 33.5 Å². The molecule has 53 heavy (non-hydrogen) atoms. The lowest BCUT2D eigenvalue weighted by Crippen LogP contribution is -2.59. The van der Waals surface area contributed by atoms with Crippen LogP contribution in [0.3, 0.4) is 0 Å². The molecule has 274 valence electrons. The number of aryl methyl sites for hydroxylation is 2. The van der Waals surface area contributed by atoms with E-state index < -0.39 is 50.5 Å². The zero-order chi connectivity index (χ0) is 37.7. The molecule has 2 amide bonds. The maximum absolute atomic E-state index is 14.3. The molecule has 0 spiro atoms. The number of carbonyl (C=O) groups is 2. The Hall–Kier alpha value is -4.86. The van der Waals surface area contributed by atoms with Crippen LogP contribution in [-0.4, -0.2) is 74.7 Å². The molecule has 14 nitrogen and oxygen atoms in total. The molecule has 0 unspecified atom stereocenters. The molecule has 1 saturated carbocycles. The number of hydrogen-bond donors (Lipinski definition) is 1. The first-order chi connectivity index (χ1) is 25.3. The van der Waals surface area contributed by atoms with E-state index in [0.717, 1.165) is 14.9 Å². The molecule has 17 heteroatoms. The van der Waals surface area contributed by atoms with Crippen molar-refractivity contribution in [3.05, 3.63) is 103 Å². The molecule has 3 aliphatic rings. The van der Waals surface area contributed by atoms with Gasteiger partial charge in [0, 0.05) is 50.0 Å². The highest BCUT2D eigenvalue weighted by atomic mass is 79.9. The lowest BCUT2D eigenvalue weighted by atomic mass is 9.63. The molecule has 1 N–H and O–H groups in total. The topological polar surface area (TPSA) is 160 Å². The highest BCUT2D eigenvalue weighted by molar-refractivity contribution is 9.09. The number of fused-ring (bicyclic) bond motifs is 6. The van der Waals surface area contributed by atoms with Crippen molar-refractivity contribution in [1.29, 1.82) is 0 Å². The van der Waals surface area contributed by atoms with Crippen LogP contribution in [0.4, 0.5) is 0 Å². The number of allylic oxidation sites excluding steroid dienone is 2. The van der Waals surface area contributed by atoms with Gasteiger partial charge in [-0.25, -0.2) is 28.5 Å². The summed E-state index contributed by atoms with van der Waals surface area (Å²) in [7, 11) is 4.56. The van der Waals surface area contributed by atoms with Crippen LogP contribution in [0.1, 0.15) is 29.6 Å². The number of rotatable bonds is 7. The standard InChI is InChI=1S/C36H31BrCl2N6O8/c1-41-23-15-27(53-3)26(52-2)14-22(23)40-21(30(41)47)11-12-42-33(50)44-13-10-20-24(45(44)34(42)51)16-35(38)31(48)43(17-37)32(49)36(35,39)29(20)28-19-7-5-4-6-18(19)8-9-25(28)46/h4-10,14-15,24,29,46H,11-13,16-17H2,1-3H3/t24-,29-,35-,36+/m1/s1. The van der Waals surface area contributed by atoms with Crippen molar-refractivity contribution in [2.75, 3.05) is 19.7 Å². The van der Waals surface area contributed by atoms with E-state index >= 15 is 0 Å². The number of alkyl halides is 3. The van der Waals surface area contributed by atoms with E-state index in [9.17, 15) is 29.1 Å². The summed E-state index contributed by atoms with van der Waals surface area (Å²) in [6.07, 6.45) is 1.34. The number of phenols is 1. The zero-order valence-corrected chi connectivity index (χ0v) is 31.6. The Bertz CT molecular complexity index is 2650. The molecule has 4 heterocycles. The normalized spacial score (nSPS) is 23.6. The Morgan fingerprint density at radius 1 is 0.981 bits per heavy atom. The summed E-state index contributed by atoms with van der Waals surface area (Å²) in [6.45, 7) is -0.277. The monoisotopic (exact) mass is 824 g/mol. The molecule has 1 saturated heterocycles. The average Bonchev–Trinajstić information content (AvgIpc) is 3.48. The van der Waals surface area contributed by atoms with Gasteiger partial charge in [0.25, 0.3) is 17.4 Å². The van der Waals surface area contributed by atoms with Gasteiger partial charge in [-0.05, 0) is 22.4 Å². The summed E-state index contributed by atoms with van der Waals surface area (Å²) in [5.41, 5.74) is -0.181. The van der Waals surface area contributed by atoms with Gasteiger partial charge in [-0.1, -0.05) is 52.3 Å². The van der Waals surface area contributed by atoms with Crippen LogP contribution in [-0.2, 0) is 36.1 Å². The number of nitrogens with zero attached hydrogens (tertiary/aromatic N) is 6. The number of ether oxygens (including phenoxy) is 2. The molecule has 0 bridgehead atoms. The first kappa shape index (κ1) is 35.2. The molecule has 8 rings (SSSR count). The fourth-order valence-corrected chi connectivity index (χ4v) is 9.64. The SMILES string of the molecule is COc1cc2nc(CCn3c(=O)n4n(c3=O)[C@@H]3C[C@@]5(Cl)C(=O)N(CBr)C(=O)[C@@]5(Cl)[C@@H](c5c(O)ccc6ccccc56)C3=CC4)c(=O)n(C)c2cc1OC. The van der Waals surface area contributed by atoms with E-state index in [2.05, 4.69) is 20.9 Å². The van der Waals surface area contributed by atoms with Crippen molar-refractivity contribution in [2.45, 2.75) is 47.6 Å². The minimum atomic E-state index is -2.10. The summed E-state index contributed by atoms with van der Waals surface area (Å²) >= 11 is 17.9. The van der Waals surface area contributed by atoms with Crippen molar-refractivity contribution < 1.29 is 24.2 Å². The Labute approximate surface area is 318 Å². The molecule has 2 aromatic heterocycles. The maximum Gasteiger partial charge on any atom is 0.347 e. The number of aromatic nitrogens is 5. The van der Waals surface area contributed by atoms with Crippen LogP contribution in [0.15, 0.2) is 74.6 Å². The van der Waals surface area contributed by atoms with E-state index in [4.69, 9.17) is 32.7 Å². The Morgan fingerprint density at radius 2 is 1.70 bits per heavy atom. The summed E-state index contributed by atoms with van der Waals surface area (Å²) in [5.74, 6) is -2.05. The van der Waals surface area contributed by atoms with Crippen molar-refractivity contribution in [3.8, 4) is 17.2 Å². The Morgan fingerprint density at radius 3 is 2.42 bits per heavy atom. The van der Waals surface area contributed by atoms with Gasteiger partial charge in [0.15, 0.2) is 21.2 Å². The average molecular weight is 826 g/mol. The number of amides is 2. The number of carbonyl (C=O) groups excluding carboxylic acids is 2. The van der Waals surface area contributed by atoms with Crippen LogP contribution < -0.4 is 26.4 Å². The van der Waals surface area contributed by atoms with Crippen molar-refractivity contribution in [3.63, 3.8) is 0 Å². The first-order valence-electron chi connectivity index (χ1n) is 16.6. The van der Waals surface area contributed by atoms with Gasteiger partial charge in [0.2, 0.25) is 0 Å². The van der Waals surface area contributed by atoms with Gasteiger partial charge >= 0.3 is 11.4 Å². The molecule has 0 radical (unpaired) electrons. The molecule has 1 aliphatic carbocycles. The fraction of sp³-hybridized carbons (Fsp3) is 0.333. The number of benzene rings is 3. The molecule has 5 aromatic rings. The van der Waals surface area contributed by atoms with Crippen LogP contribution in [0.25, 0.3) is 21.8 Å². The highest BCUT2D eigenvalue weighted by Gasteiger charge is 2.75. The van der Waals surface area contributed by atoms with Crippen molar-refractivity contribution in [1.82, 2.24) is 28.4 Å². The van der Waals surface area contributed by atoms with Crippen molar-refractivity contribution >= 4 is 72.8 Å². The Balaban J connectivity index is 1.25. The number of phenolic OH excluding ortho intramolecular Hbond substituents is 1. The minimum absolute atomic E-state index is 0.0645. The quantitative estimate of drug-likeness (QED) is 0.112. The second-order valence-corrected chi connectivity index (χ2v) is 15.0. The third-order valence-corrected chi connectivity index (χ3v) is 12.7. The van der Waals surface area contributed by atoms with Gasteiger partial charge in [0.05, 0.1) is 43.3 Å². The van der Waals surface area contributed by atoms with Crippen LogP contribution in [0.5, 0.6) is 17.2 Å². The summed E-state index contributed by atoms with van der Waals surface area (Å²) < 4.78 is 15.7. The predicted molar refractivity (Wildman–Crippen MR) is 200 cm³/mol. The maximum atomic E-state index is 14.3. The van der Waals surface area contributed by atoms with Gasteiger partial charge in [-0.2, -0.15) is 0 Å². The third-order valence-electron chi connectivity index (χ3n) is 10.8. The number of halogens is 3. The molecule has 2 aliphatic heterocycles. The number of methoxy groups -OCH3 is 2. The Kier molecular flexibility index (Phi) is 8.20. The van der Waals surface area contributed by atoms with Gasteiger partial charge in [-0.3, -0.25) is 19.3 Å². The lowest BCUT2D eigenvalue weighted by molar-refractivity contribution is -0.138. The van der Waals surface area contributed by atoms with Crippen LogP contribution in [0.2, 0.25) is 0 Å². The van der Waals surface area contributed by atoms with Crippen LogP contribution in [0, 0.1) is 0 Å². The number of hydrogen-bond acceptors (Lipinski definition) is 9. The highest BCUT2D eigenvalue weighted by Crippen LogP contribution is 2.64. The third kappa shape index (κ3) is 4.69. The predicted octanol–water partition coefficient (Wildman–Crippen LogP) is 3.52. The van der Waals surface area contributed by atoms with Gasteiger partial charge in [-0.15, -0.1) is 23.2 Å².